The highest BCUT2D eigenvalue weighted by Crippen LogP contribution is 2.40. The number of carbonyl (C=O) groups excluding carboxylic acids is 1. The zero-order chi connectivity index (χ0) is 22.1. The Morgan fingerprint density at radius 2 is 1.81 bits per heavy atom. The van der Waals surface area contributed by atoms with E-state index in [1.165, 1.54) is 0 Å². The molecule has 0 bridgehead atoms. The predicted octanol–water partition coefficient (Wildman–Crippen LogP) is 3.23. The van der Waals surface area contributed by atoms with Gasteiger partial charge in [-0.25, -0.2) is 13.1 Å². The van der Waals surface area contributed by atoms with Crippen LogP contribution in [0.5, 0.6) is 0 Å². The lowest BCUT2D eigenvalue weighted by Gasteiger charge is -2.48. The molecule has 1 aliphatic heterocycles. The fourth-order valence-corrected chi connectivity index (χ4v) is 6.79. The molecule has 0 aromatic heterocycles. The molecule has 31 heavy (non-hydrogen) atoms. The molecule has 2 saturated carbocycles. The van der Waals surface area contributed by atoms with Crippen molar-refractivity contribution in [2.45, 2.75) is 75.2 Å². The highest BCUT2D eigenvalue weighted by Gasteiger charge is 2.44. The number of amides is 1. The van der Waals surface area contributed by atoms with Crippen LogP contribution in [0.4, 0.5) is 0 Å². The summed E-state index contributed by atoms with van der Waals surface area (Å²) >= 11 is 0. The first kappa shape index (κ1) is 22.7. The van der Waals surface area contributed by atoms with Gasteiger partial charge in [-0.05, 0) is 69.9 Å². The van der Waals surface area contributed by atoms with E-state index in [1.54, 1.807) is 24.3 Å². The summed E-state index contributed by atoms with van der Waals surface area (Å²) in [6.45, 7) is 3.73. The quantitative estimate of drug-likeness (QED) is 0.724. The molecule has 1 heterocycles. The maximum absolute atomic E-state index is 13.1. The van der Waals surface area contributed by atoms with Crippen LogP contribution in [-0.2, 0) is 14.8 Å². The van der Waals surface area contributed by atoms with Crippen molar-refractivity contribution in [2.75, 3.05) is 19.6 Å². The van der Waals surface area contributed by atoms with Gasteiger partial charge in [0, 0.05) is 31.5 Å². The normalized spacial score (nSPS) is 31.8. The molecule has 1 aromatic rings. The number of benzene rings is 1. The number of carbonyl (C=O) groups is 1. The molecule has 2 aliphatic carbocycles. The highest BCUT2D eigenvalue weighted by atomic mass is 32.2. The van der Waals surface area contributed by atoms with Gasteiger partial charge in [0.25, 0.3) is 0 Å². The Balaban J connectivity index is 1.25. The van der Waals surface area contributed by atoms with Gasteiger partial charge in [-0.2, -0.15) is 0 Å². The van der Waals surface area contributed by atoms with Crippen LogP contribution in [-0.4, -0.2) is 49.6 Å². The highest BCUT2D eigenvalue weighted by molar-refractivity contribution is 7.89. The van der Waals surface area contributed by atoms with Crippen molar-refractivity contribution in [2.24, 2.45) is 17.8 Å². The van der Waals surface area contributed by atoms with Crippen LogP contribution in [0.3, 0.4) is 0 Å². The Labute approximate surface area is 186 Å². The Morgan fingerprint density at radius 3 is 2.52 bits per heavy atom. The third-order valence-electron chi connectivity index (χ3n) is 7.83. The third kappa shape index (κ3) is 5.15. The van der Waals surface area contributed by atoms with E-state index in [4.69, 9.17) is 0 Å². The molecule has 2 N–H and O–H groups in total. The SMILES string of the molecule is Cc1ccc(S(=O)(=O)NCC2CCC(C(=O)N3CC[C@]4(O)CCCC[C@@H]4C3)CC2)cc1. The average molecular weight is 449 g/mol. The van der Waals surface area contributed by atoms with Crippen molar-refractivity contribution in [1.29, 1.82) is 0 Å². The molecular formula is C24H36N2O4S. The number of hydrogen-bond acceptors (Lipinski definition) is 4. The topological polar surface area (TPSA) is 86.7 Å². The maximum atomic E-state index is 13.1. The summed E-state index contributed by atoms with van der Waals surface area (Å²) in [7, 11) is -3.49. The third-order valence-corrected chi connectivity index (χ3v) is 9.27. The van der Waals surface area contributed by atoms with Crippen LogP contribution >= 0.6 is 0 Å². The summed E-state index contributed by atoms with van der Waals surface area (Å²) in [6, 6.07) is 6.89. The monoisotopic (exact) mass is 448 g/mol. The van der Waals surface area contributed by atoms with E-state index in [-0.39, 0.29) is 23.7 Å². The molecule has 0 spiro atoms. The molecule has 7 heteroatoms. The number of sulfonamides is 1. The van der Waals surface area contributed by atoms with Crippen molar-refractivity contribution >= 4 is 15.9 Å². The van der Waals surface area contributed by atoms with Crippen LogP contribution in [0.25, 0.3) is 0 Å². The van der Waals surface area contributed by atoms with E-state index in [9.17, 15) is 18.3 Å². The lowest BCUT2D eigenvalue weighted by Crippen LogP contribution is -2.55. The lowest BCUT2D eigenvalue weighted by atomic mass is 9.71. The number of piperidine rings is 1. The Morgan fingerprint density at radius 1 is 1.10 bits per heavy atom. The standard InChI is InChI=1S/C24H36N2O4S/c1-18-5-11-22(12-6-18)31(29,30)25-16-19-7-9-20(10-8-19)23(27)26-15-14-24(28)13-3-2-4-21(24)17-26/h5-6,11-12,19-21,25,28H,2-4,7-10,13-17H2,1H3/t19?,20?,21-,24-/m1/s1. The Bertz CT molecular complexity index is 877. The molecule has 172 valence electrons. The molecule has 2 atom stereocenters. The summed E-state index contributed by atoms with van der Waals surface area (Å²) < 4.78 is 27.8. The summed E-state index contributed by atoms with van der Waals surface area (Å²) in [5.41, 5.74) is 0.477. The molecule has 6 nitrogen and oxygen atoms in total. The van der Waals surface area contributed by atoms with Crippen LogP contribution < -0.4 is 4.72 Å². The lowest BCUT2D eigenvalue weighted by molar-refractivity contribution is -0.148. The summed E-state index contributed by atoms with van der Waals surface area (Å²) in [6.07, 6.45) is 8.23. The van der Waals surface area contributed by atoms with Crippen molar-refractivity contribution in [3.63, 3.8) is 0 Å². The van der Waals surface area contributed by atoms with Gasteiger partial charge in [0.1, 0.15) is 0 Å². The largest absolute Gasteiger partial charge is 0.389 e. The number of nitrogens with zero attached hydrogens (tertiary/aromatic N) is 1. The summed E-state index contributed by atoms with van der Waals surface area (Å²) in [4.78, 5) is 15.4. The molecule has 0 unspecified atom stereocenters. The minimum Gasteiger partial charge on any atom is -0.389 e. The van der Waals surface area contributed by atoms with E-state index in [1.807, 2.05) is 11.8 Å². The van der Waals surface area contributed by atoms with Crippen molar-refractivity contribution < 1.29 is 18.3 Å². The number of hydrogen-bond donors (Lipinski definition) is 2. The molecular weight excluding hydrogens is 412 g/mol. The predicted molar refractivity (Wildman–Crippen MR) is 120 cm³/mol. The molecule has 3 fully saturated rings. The van der Waals surface area contributed by atoms with Crippen LogP contribution in [0.2, 0.25) is 0 Å². The minimum atomic E-state index is -3.49. The number of aryl methyl sites for hydroxylation is 1. The maximum Gasteiger partial charge on any atom is 0.240 e. The fourth-order valence-electron chi connectivity index (χ4n) is 5.67. The first-order valence-corrected chi connectivity index (χ1v) is 13.3. The number of fused-ring (bicyclic) bond motifs is 1. The van der Waals surface area contributed by atoms with Gasteiger partial charge in [-0.1, -0.05) is 30.5 Å². The first-order chi connectivity index (χ1) is 14.8. The molecule has 1 amide bonds. The Hall–Kier alpha value is -1.44. The fraction of sp³-hybridized carbons (Fsp3) is 0.708. The number of likely N-dealkylation sites (tertiary alicyclic amines) is 1. The van der Waals surface area contributed by atoms with Crippen LogP contribution in [0, 0.1) is 24.7 Å². The number of rotatable bonds is 5. The van der Waals surface area contributed by atoms with Gasteiger partial charge >= 0.3 is 0 Å². The van der Waals surface area contributed by atoms with Crippen LogP contribution in [0.15, 0.2) is 29.2 Å². The molecule has 0 radical (unpaired) electrons. The zero-order valence-electron chi connectivity index (χ0n) is 18.6. The van der Waals surface area contributed by atoms with Gasteiger partial charge in [0.15, 0.2) is 0 Å². The Kier molecular flexibility index (Phi) is 6.75. The van der Waals surface area contributed by atoms with Gasteiger partial charge in [0.05, 0.1) is 10.5 Å². The summed E-state index contributed by atoms with van der Waals surface area (Å²) in [5.74, 6) is 0.784. The van der Waals surface area contributed by atoms with E-state index in [0.29, 0.717) is 31.0 Å². The second-order valence-electron chi connectivity index (χ2n) is 9.96. The second-order valence-corrected chi connectivity index (χ2v) is 11.7. The summed E-state index contributed by atoms with van der Waals surface area (Å²) in [5, 5.41) is 10.9. The number of nitrogens with one attached hydrogen (secondary N) is 1. The smallest absolute Gasteiger partial charge is 0.240 e. The van der Waals surface area contributed by atoms with Crippen molar-refractivity contribution in [3.05, 3.63) is 29.8 Å². The van der Waals surface area contributed by atoms with E-state index in [2.05, 4.69) is 4.72 Å². The van der Waals surface area contributed by atoms with E-state index < -0.39 is 15.6 Å². The second kappa shape index (κ2) is 9.20. The van der Waals surface area contributed by atoms with E-state index in [0.717, 1.165) is 56.9 Å². The molecule has 1 aromatic carbocycles. The average Bonchev–Trinajstić information content (AvgIpc) is 2.77. The number of aliphatic hydroxyl groups is 1. The zero-order valence-corrected chi connectivity index (χ0v) is 19.4. The molecule has 1 saturated heterocycles. The minimum absolute atomic E-state index is 0.0414. The first-order valence-electron chi connectivity index (χ1n) is 11.8. The van der Waals surface area contributed by atoms with E-state index >= 15 is 0 Å². The van der Waals surface area contributed by atoms with Gasteiger partial charge in [0.2, 0.25) is 15.9 Å². The van der Waals surface area contributed by atoms with Crippen molar-refractivity contribution in [3.8, 4) is 0 Å². The van der Waals surface area contributed by atoms with Crippen molar-refractivity contribution in [1.82, 2.24) is 9.62 Å². The van der Waals surface area contributed by atoms with Gasteiger partial charge in [-0.15, -0.1) is 0 Å². The molecule has 3 aliphatic rings. The van der Waals surface area contributed by atoms with Gasteiger partial charge < -0.3 is 10.0 Å². The van der Waals surface area contributed by atoms with Gasteiger partial charge in [-0.3, -0.25) is 4.79 Å². The molecule has 4 rings (SSSR count). The van der Waals surface area contributed by atoms with Crippen LogP contribution in [0.1, 0.15) is 63.4 Å².